The molecule has 0 saturated carbocycles. The van der Waals surface area contributed by atoms with E-state index in [9.17, 15) is 4.39 Å². The van der Waals surface area contributed by atoms with E-state index in [1.54, 1.807) is 29.2 Å². The summed E-state index contributed by atoms with van der Waals surface area (Å²) in [5.74, 6) is 0.869. The molecule has 0 spiro atoms. The molecule has 2 aromatic carbocycles. The number of halogens is 1. The molecular formula is C16H13FN2S2. The van der Waals surface area contributed by atoms with Gasteiger partial charge in [0, 0.05) is 10.6 Å². The van der Waals surface area contributed by atoms with Gasteiger partial charge in [-0.15, -0.1) is 11.8 Å². The SMILES string of the molecule is Fc1ccc2c(c1)[C@@H](Nc1nc3ccccc3s1)CCS2. The van der Waals surface area contributed by atoms with Gasteiger partial charge in [0.1, 0.15) is 5.82 Å². The Labute approximate surface area is 130 Å². The van der Waals surface area contributed by atoms with Crippen LogP contribution in [0.4, 0.5) is 9.52 Å². The second kappa shape index (κ2) is 5.31. The van der Waals surface area contributed by atoms with E-state index in [2.05, 4.69) is 16.4 Å². The Morgan fingerprint density at radius 2 is 2.10 bits per heavy atom. The van der Waals surface area contributed by atoms with Crippen LogP contribution >= 0.6 is 23.1 Å². The number of para-hydroxylation sites is 1. The third-order valence-electron chi connectivity index (χ3n) is 3.60. The largest absolute Gasteiger partial charge is 0.355 e. The minimum atomic E-state index is -0.174. The number of rotatable bonds is 2. The lowest BCUT2D eigenvalue weighted by Crippen LogP contribution is -2.16. The van der Waals surface area contributed by atoms with Crippen molar-refractivity contribution in [3.63, 3.8) is 0 Å². The topological polar surface area (TPSA) is 24.9 Å². The Morgan fingerprint density at radius 3 is 3.00 bits per heavy atom. The van der Waals surface area contributed by atoms with Gasteiger partial charge in [0.15, 0.2) is 5.13 Å². The van der Waals surface area contributed by atoms with Crippen LogP contribution < -0.4 is 5.32 Å². The molecule has 0 bridgehead atoms. The number of nitrogens with one attached hydrogen (secondary N) is 1. The number of thioether (sulfide) groups is 1. The summed E-state index contributed by atoms with van der Waals surface area (Å²) >= 11 is 3.44. The molecule has 0 saturated heterocycles. The molecule has 1 atom stereocenters. The van der Waals surface area contributed by atoms with Crippen molar-refractivity contribution in [3.8, 4) is 0 Å². The lowest BCUT2D eigenvalue weighted by Gasteiger charge is -2.25. The first kappa shape index (κ1) is 13.1. The fraction of sp³-hybridized carbons (Fsp3) is 0.188. The summed E-state index contributed by atoms with van der Waals surface area (Å²) < 4.78 is 14.7. The lowest BCUT2D eigenvalue weighted by atomic mass is 10.0. The molecule has 5 heteroatoms. The Morgan fingerprint density at radius 1 is 1.19 bits per heavy atom. The molecule has 0 radical (unpaired) electrons. The van der Waals surface area contributed by atoms with Crippen molar-refractivity contribution >= 4 is 38.4 Å². The van der Waals surface area contributed by atoms with Gasteiger partial charge >= 0.3 is 0 Å². The molecular weight excluding hydrogens is 303 g/mol. The van der Waals surface area contributed by atoms with Gasteiger partial charge in [-0.3, -0.25) is 0 Å². The van der Waals surface area contributed by atoms with Crippen molar-refractivity contribution in [1.82, 2.24) is 4.98 Å². The van der Waals surface area contributed by atoms with Crippen molar-refractivity contribution in [2.75, 3.05) is 11.1 Å². The van der Waals surface area contributed by atoms with Gasteiger partial charge < -0.3 is 5.32 Å². The first-order chi connectivity index (χ1) is 10.3. The number of benzene rings is 2. The smallest absolute Gasteiger partial charge is 0.184 e. The van der Waals surface area contributed by atoms with Gasteiger partial charge in [0.05, 0.1) is 16.3 Å². The highest BCUT2D eigenvalue weighted by Crippen LogP contribution is 2.39. The zero-order valence-electron chi connectivity index (χ0n) is 11.2. The highest BCUT2D eigenvalue weighted by Gasteiger charge is 2.22. The number of hydrogen-bond acceptors (Lipinski definition) is 4. The third-order valence-corrected chi connectivity index (χ3v) is 5.69. The highest BCUT2D eigenvalue weighted by molar-refractivity contribution is 7.99. The first-order valence-corrected chi connectivity index (χ1v) is 8.64. The average molecular weight is 316 g/mol. The Kier molecular flexibility index (Phi) is 3.31. The van der Waals surface area contributed by atoms with Crippen LogP contribution in [0.2, 0.25) is 0 Å². The van der Waals surface area contributed by atoms with Crippen LogP contribution in [0, 0.1) is 5.82 Å². The number of aromatic nitrogens is 1. The van der Waals surface area contributed by atoms with Crippen LogP contribution in [0.1, 0.15) is 18.0 Å². The summed E-state index contributed by atoms with van der Waals surface area (Å²) in [6.07, 6.45) is 0.983. The molecule has 0 amide bonds. The number of thiazole rings is 1. The molecule has 1 aromatic heterocycles. The van der Waals surface area contributed by atoms with Crippen molar-refractivity contribution in [2.45, 2.75) is 17.4 Å². The fourth-order valence-corrected chi connectivity index (χ4v) is 4.62. The normalized spacial score (nSPS) is 17.7. The Balaban J connectivity index is 1.67. The van der Waals surface area contributed by atoms with Crippen molar-refractivity contribution in [1.29, 1.82) is 0 Å². The molecule has 2 heterocycles. The molecule has 1 aliphatic rings. The van der Waals surface area contributed by atoms with E-state index in [0.717, 1.165) is 28.4 Å². The van der Waals surface area contributed by atoms with Gasteiger partial charge in [-0.2, -0.15) is 0 Å². The average Bonchev–Trinajstić information content (AvgIpc) is 2.90. The van der Waals surface area contributed by atoms with Gasteiger partial charge in [-0.25, -0.2) is 9.37 Å². The molecule has 0 aliphatic carbocycles. The maximum Gasteiger partial charge on any atom is 0.184 e. The van der Waals surface area contributed by atoms with Gasteiger partial charge in [-0.05, 0) is 42.3 Å². The zero-order valence-corrected chi connectivity index (χ0v) is 12.8. The second-order valence-electron chi connectivity index (χ2n) is 5.00. The predicted octanol–water partition coefficient (Wildman–Crippen LogP) is 5.08. The Bertz CT molecular complexity index is 767. The predicted molar refractivity (Wildman–Crippen MR) is 87.7 cm³/mol. The van der Waals surface area contributed by atoms with Gasteiger partial charge in [0.2, 0.25) is 0 Å². The minimum Gasteiger partial charge on any atom is -0.355 e. The van der Waals surface area contributed by atoms with Crippen LogP contribution in [0.3, 0.4) is 0 Å². The maximum atomic E-state index is 13.5. The molecule has 3 aromatic rings. The molecule has 0 unspecified atom stereocenters. The summed E-state index contributed by atoms with van der Waals surface area (Å²) in [4.78, 5) is 5.78. The summed E-state index contributed by atoms with van der Waals surface area (Å²) in [7, 11) is 0. The summed E-state index contributed by atoms with van der Waals surface area (Å²) in [5.41, 5.74) is 2.06. The second-order valence-corrected chi connectivity index (χ2v) is 7.17. The van der Waals surface area contributed by atoms with Gasteiger partial charge in [-0.1, -0.05) is 23.5 Å². The maximum absolute atomic E-state index is 13.5. The number of nitrogens with zero attached hydrogens (tertiary/aromatic N) is 1. The van der Waals surface area contributed by atoms with Crippen LogP contribution in [0.25, 0.3) is 10.2 Å². The van der Waals surface area contributed by atoms with E-state index in [0.29, 0.717) is 0 Å². The lowest BCUT2D eigenvalue weighted by molar-refractivity contribution is 0.616. The first-order valence-electron chi connectivity index (χ1n) is 6.84. The number of fused-ring (bicyclic) bond motifs is 2. The van der Waals surface area contributed by atoms with Crippen LogP contribution in [0.15, 0.2) is 47.4 Å². The third kappa shape index (κ3) is 2.51. The number of hydrogen-bond donors (Lipinski definition) is 1. The molecule has 4 rings (SSSR count). The molecule has 2 nitrogen and oxygen atoms in total. The van der Waals surface area contributed by atoms with Crippen LogP contribution in [0.5, 0.6) is 0 Å². The van der Waals surface area contributed by atoms with E-state index in [4.69, 9.17) is 0 Å². The Hall–Kier alpha value is -1.59. The molecule has 106 valence electrons. The van der Waals surface area contributed by atoms with E-state index < -0.39 is 0 Å². The quantitative estimate of drug-likeness (QED) is 0.713. The van der Waals surface area contributed by atoms with Crippen LogP contribution in [-0.2, 0) is 0 Å². The van der Waals surface area contributed by atoms with Crippen LogP contribution in [-0.4, -0.2) is 10.7 Å². The van der Waals surface area contributed by atoms with E-state index >= 15 is 0 Å². The van der Waals surface area contributed by atoms with E-state index in [-0.39, 0.29) is 11.9 Å². The van der Waals surface area contributed by atoms with E-state index in [1.807, 2.05) is 24.3 Å². The van der Waals surface area contributed by atoms with Gasteiger partial charge in [0.25, 0.3) is 0 Å². The summed E-state index contributed by atoms with van der Waals surface area (Å²) in [6.45, 7) is 0. The highest BCUT2D eigenvalue weighted by atomic mass is 32.2. The van der Waals surface area contributed by atoms with Crippen molar-refractivity contribution in [2.24, 2.45) is 0 Å². The van der Waals surface area contributed by atoms with Crippen molar-refractivity contribution < 1.29 is 4.39 Å². The number of anilines is 1. The molecule has 21 heavy (non-hydrogen) atoms. The zero-order chi connectivity index (χ0) is 14.2. The molecule has 0 fully saturated rings. The van der Waals surface area contributed by atoms with Crippen molar-refractivity contribution in [3.05, 3.63) is 53.8 Å². The standard InChI is InChI=1S/C16H13FN2S2/c17-10-5-6-14-11(9-10)12(7-8-20-14)18-16-19-13-3-1-2-4-15(13)21-16/h1-6,9,12H,7-8H2,(H,18,19)/t12-/m0/s1. The molecule has 1 N–H and O–H groups in total. The monoisotopic (exact) mass is 316 g/mol. The molecule has 1 aliphatic heterocycles. The minimum absolute atomic E-state index is 0.137. The van der Waals surface area contributed by atoms with E-state index in [1.165, 1.54) is 15.7 Å². The summed E-state index contributed by atoms with van der Waals surface area (Å²) in [6, 6.07) is 13.3. The summed E-state index contributed by atoms with van der Waals surface area (Å²) in [5, 5.41) is 4.39. The fourth-order valence-electron chi connectivity index (χ4n) is 2.60.